The van der Waals surface area contributed by atoms with Gasteiger partial charge in [-0.05, 0) is 18.6 Å². The van der Waals surface area contributed by atoms with E-state index in [4.69, 9.17) is 17.3 Å². The minimum absolute atomic E-state index is 0.431. The van der Waals surface area contributed by atoms with Gasteiger partial charge in [0.2, 0.25) is 5.91 Å². The number of hydrogen-bond acceptors (Lipinski definition) is 2. The van der Waals surface area contributed by atoms with Gasteiger partial charge in [-0.25, -0.2) is 0 Å². The Labute approximate surface area is 81.9 Å². The topological polar surface area (TPSA) is 56.0 Å². The molecule has 0 aliphatic rings. The maximum atomic E-state index is 11.1. The van der Waals surface area contributed by atoms with Gasteiger partial charge in [0, 0.05) is 6.20 Å². The molecule has 1 rings (SSSR count). The van der Waals surface area contributed by atoms with Crippen molar-refractivity contribution in [3.05, 3.63) is 30.1 Å². The van der Waals surface area contributed by atoms with Crippen LogP contribution in [0, 0.1) is 0 Å². The van der Waals surface area contributed by atoms with E-state index in [1.54, 1.807) is 31.3 Å². The molecule has 1 aromatic rings. The van der Waals surface area contributed by atoms with Crippen molar-refractivity contribution in [3.8, 4) is 0 Å². The molecular formula is C9H11ClN2O. The summed E-state index contributed by atoms with van der Waals surface area (Å²) >= 11 is 6.05. The highest BCUT2D eigenvalue weighted by molar-refractivity contribution is 6.34. The molecule has 0 radical (unpaired) electrons. The lowest BCUT2D eigenvalue weighted by atomic mass is 10.00. The Bertz CT molecular complexity index is 302. The third-order valence-corrected chi connectivity index (χ3v) is 2.60. The molecule has 1 unspecified atom stereocenters. The fourth-order valence-corrected chi connectivity index (χ4v) is 1.19. The fraction of sp³-hybridized carbons (Fsp3) is 0.333. The molecule has 0 saturated carbocycles. The van der Waals surface area contributed by atoms with Gasteiger partial charge in [0.15, 0.2) is 4.87 Å². The third-order valence-electron chi connectivity index (χ3n) is 1.95. The SMILES string of the molecule is CCC(Cl)(C(N)=O)c1ccccn1. The van der Waals surface area contributed by atoms with Crippen LogP contribution in [0.4, 0.5) is 0 Å². The largest absolute Gasteiger partial charge is 0.368 e. The van der Waals surface area contributed by atoms with Crippen LogP contribution in [0.25, 0.3) is 0 Å². The van der Waals surface area contributed by atoms with E-state index in [9.17, 15) is 4.79 Å². The number of rotatable bonds is 3. The number of hydrogen-bond donors (Lipinski definition) is 1. The minimum atomic E-state index is -1.17. The summed E-state index contributed by atoms with van der Waals surface area (Å²) < 4.78 is 0. The number of carbonyl (C=O) groups excluding carboxylic acids is 1. The van der Waals surface area contributed by atoms with Gasteiger partial charge in [0.25, 0.3) is 0 Å². The van der Waals surface area contributed by atoms with Gasteiger partial charge in [-0.15, -0.1) is 11.6 Å². The number of aromatic nitrogens is 1. The molecule has 0 aliphatic heterocycles. The van der Waals surface area contributed by atoms with Crippen LogP contribution in [0.15, 0.2) is 24.4 Å². The second kappa shape index (κ2) is 3.75. The Morgan fingerprint density at radius 1 is 1.69 bits per heavy atom. The van der Waals surface area contributed by atoms with Crippen molar-refractivity contribution in [2.75, 3.05) is 0 Å². The summed E-state index contributed by atoms with van der Waals surface area (Å²) in [5.74, 6) is -0.560. The first-order chi connectivity index (χ1) is 6.11. The first-order valence-corrected chi connectivity index (χ1v) is 4.39. The fourth-order valence-electron chi connectivity index (χ4n) is 1.08. The van der Waals surface area contributed by atoms with E-state index in [2.05, 4.69) is 4.98 Å². The van der Waals surface area contributed by atoms with E-state index in [-0.39, 0.29) is 0 Å². The first-order valence-electron chi connectivity index (χ1n) is 4.01. The summed E-state index contributed by atoms with van der Waals surface area (Å²) in [5, 5.41) is 0. The zero-order chi connectivity index (χ0) is 9.90. The van der Waals surface area contributed by atoms with Gasteiger partial charge >= 0.3 is 0 Å². The Balaban J connectivity index is 3.11. The van der Waals surface area contributed by atoms with Gasteiger partial charge < -0.3 is 5.73 Å². The number of nitrogens with zero attached hydrogens (tertiary/aromatic N) is 1. The van der Waals surface area contributed by atoms with Crippen LogP contribution in [0.2, 0.25) is 0 Å². The van der Waals surface area contributed by atoms with Gasteiger partial charge in [-0.1, -0.05) is 13.0 Å². The Hall–Kier alpha value is -1.09. The summed E-state index contributed by atoms with van der Waals surface area (Å²) in [7, 11) is 0. The van der Waals surface area contributed by atoms with Crippen molar-refractivity contribution in [2.45, 2.75) is 18.2 Å². The summed E-state index contributed by atoms with van der Waals surface area (Å²) in [4.78, 5) is 13.9. The number of amides is 1. The second-order valence-corrected chi connectivity index (χ2v) is 3.38. The molecule has 0 fully saturated rings. The molecule has 1 atom stereocenters. The average molecular weight is 199 g/mol. The zero-order valence-electron chi connectivity index (χ0n) is 7.33. The number of halogens is 1. The van der Waals surface area contributed by atoms with Crippen LogP contribution in [0.3, 0.4) is 0 Å². The van der Waals surface area contributed by atoms with Gasteiger partial charge in [-0.3, -0.25) is 9.78 Å². The first kappa shape index (κ1) is 9.99. The molecule has 0 aliphatic carbocycles. The van der Waals surface area contributed by atoms with Gasteiger partial charge in [0.05, 0.1) is 5.69 Å². The highest BCUT2D eigenvalue weighted by atomic mass is 35.5. The number of primary amides is 1. The normalized spacial score (nSPS) is 14.9. The summed E-state index contributed by atoms with van der Waals surface area (Å²) in [6.45, 7) is 1.80. The van der Waals surface area contributed by atoms with Crippen LogP contribution in [0.1, 0.15) is 19.0 Å². The van der Waals surface area contributed by atoms with Crippen molar-refractivity contribution in [1.82, 2.24) is 4.98 Å². The lowest BCUT2D eigenvalue weighted by molar-refractivity contribution is -0.121. The number of carbonyl (C=O) groups is 1. The summed E-state index contributed by atoms with van der Waals surface area (Å²) in [5.41, 5.74) is 5.71. The second-order valence-electron chi connectivity index (χ2n) is 2.73. The van der Waals surface area contributed by atoms with Gasteiger partial charge in [-0.2, -0.15) is 0 Å². The molecule has 0 saturated heterocycles. The molecule has 0 spiro atoms. The Kier molecular flexibility index (Phi) is 2.88. The van der Waals surface area contributed by atoms with E-state index in [0.717, 1.165) is 0 Å². The minimum Gasteiger partial charge on any atom is -0.368 e. The smallest absolute Gasteiger partial charge is 0.244 e. The van der Waals surface area contributed by atoms with Crippen molar-refractivity contribution >= 4 is 17.5 Å². The molecular weight excluding hydrogens is 188 g/mol. The third kappa shape index (κ3) is 1.80. The summed E-state index contributed by atoms with van der Waals surface area (Å²) in [6.07, 6.45) is 2.02. The van der Waals surface area contributed by atoms with E-state index in [1.807, 2.05) is 0 Å². The molecule has 2 N–H and O–H groups in total. The standard InChI is InChI=1S/C9H11ClN2O/c1-2-9(10,8(11)13)7-5-3-4-6-12-7/h3-6H,2H2,1H3,(H2,11,13). The van der Waals surface area contributed by atoms with Crippen LogP contribution in [-0.2, 0) is 9.67 Å². The maximum Gasteiger partial charge on any atom is 0.244 e. The number of nitrogens with two attached hydrogens (primary N) is 1. The maximum absolute atomic E-state index is 11.1. The predicted molar refractivity (Wildman–Crippen MR) is 51.3 cm³/mol. The molecule has 0 bridgehead atoms. The van der Waals surface area contributed by atoms with Crippen molar-refractivity contribution in [3.63, 3.8) is 0 Å². The molecule has 1 aromatic heterocycles. The predicted octanol–water partition coefficient (Wildman–Crippen LogP) is 1.41. The summed E-state index contributed by atoms with van der Waals surface area (Å²) in [6, 6.07) is 5.23. The van der Waals surface area contributed by atoms with Crippen LogP contribution in [0.5, 0.6) is 0 Å². The van der Waals surface area contributed by atoms with Gasteiger partial charge in [0.1, 0.15) is 0 Å². The molecule has 3 nitrogen and oxygen atoms in total. The number of pyridine rings is 1. The highest BCUT2D eigenvalue weighted by Crippen LogP contribution is 2.30. The van der Waals surface area contributed by atoms with Crippen molar-refractivity contribution in [1.29, 1.82) is 0 Å². The Morgan fingerprint density at radius 2 is 2.38 bits per heavy atom. The zero-order valence-corrected chi connectivity index (χ0v) is 8.08. The van der Waals surface area contributed by atoms with Crippen LogP contribution >= 0.6 is 11.6 Å². The average Bonchev–Trinajstić information content (AvgIpc) is 2.17. The Morgan fingerprint density at radius 3 is 2.77 bits per heavy atom. The number of alkyl halides is 1. The highest BCUT2D eigenvalue weighted by Gasteiger charge is 2.35. The molecule has 0 aromatic carbocycles. The molecule has 70 valence electrons. The van der Waals surface area contributed by atoms with E-state index < -0.39 is 10.8 Å². The van der Waals surface area contributed by atoms with Crippen molar-refractivity contribution in [2.24, 2.45) is 5.73 Å². The lowest BCUT2D eigenvalue weighted by Gasteiger charge is -2.20. The molecule has 4 heteroatoms. The van der Waals surface area contributed by atoms with Crippen LogP contribution < -0.4 is 5.73 Å². The van der Waals surface area contributed by atoms with E-state index >= 15 is 0 Å². The molecule has 13 heavy (non-hydrogen) atoms. The van der Waals surface area contributed by atoms with E-state index in [1.165, 1.54) is 0 Å². The monoisotopic (exact) mass is 198 g/mol. The quantitative estimate of drug-likeness (QED) is 0.747. The van der Waals surface area contributed by atoms with Crippen molar-refractivity contribution < 1.29 is 4.79 Å². The van der Waals surface area contributed by atoms with E-state index in [0.29, 0.717) is 12.1 Å². The lowest BCUT2D eigenvalue weighted by Crippen LogP contribution is -2.36. The molecule has 1 amide bonds. The van der Waals surface area contributed by atoms with Crippen LogP contribution in [-0.4, -0.2) is 10.9 Å². The molecule has 1 heterocycles.